The first-order valence-electron chi connectivity index (χ1n) is 8.49. The number of aromatic nitrogens is 2. The van der Waals surface area contributed by atoms with Crippen LogP contribution in [0.5, 0.6) is 11.5 Å². The third-order valence-corrected chi connectivity index (χ3v) is 5.48. The fourth-order valence-corrected chi connectivity index (χ4v) is 4.13. The van der Waals surface area contributed by atoms with Gasteiger partial charge in [-0.15, -0.1) is 0 Å². The van der Waals surface area contributed by atoms with Crippen LogP contribution in [0.1, 0.15) is 16.8 Å². The first-order valence-corrected chi connectivity index (χ1v) is 9.37. The molecule has 0 unspecified atom stereocenters. The van der Waals surface area contributed by atoms with Crippen molar-refractivity contribution in [2.24, 2.45) is 0 Å². The normalized spacial score (nSPS) is 11.0. The summed E-state index contributed by atoms with van der Waals surface area (Å²) in [6.07, 6.45) is 5.11. The molecular formula is C21H21N2O2S+. The highest BCUT2D eigenvalue weighted by molar-refractivity contribution is 7.14. The third-order valence-electron chi connectivity index (χ3n) is 4.45. The smallest absolute Gasteiger partial charge is 0.346 e. The van der Waals surface area contributed by atoms with Gasteiger partial charge in [-0.1, -0.05) is 41.7 Å². The number of benzene rings is 2. The van der Waals surface area contributed by atoms with E-state index in [1.807, 2.05) is 6.07 Å². The fraction of sp³-hybridized carbons (Fsp3) is 0.190. The molecule has 0 aliphatic heterocycles. The lowest BCUT2D eigenvalue weighted by atomic mass is 10.1. The summed E-state index contributed by atoms with van der Waals surface area (Å²) in [7, 11) is 3.36. The Kier molecular flexibility index (Phi) is 4.63. The number of hydrogen-bond acceptors (Lipinski definition) is 3. The van der Waals surface area contributed by atoms with E-state index in [1.165, 1.54) is 21.8 Å². The molecule has 2 heterocycles. The molecule has 26 heavy (non-hydrogen) atoms. The summed E-state index contributed by atoms with van der Waals surface area (Å²) in [5.41, 5.74) is 3.73. The highest BCUT2D eigenvalue weighted by atomic mass is 32.1. The highest BCUT2D eigenvalue weighted by Crippen LogP contribution is 2.25. The lowest BCUT2D eigenvalue weighted by Crippen LogP contribution is -2.31. The predicted molar refractivity (Wildman–Crippen MR) is 103 cm³/mol. The SMILES string of the molecule is COc1cc(Cc2csc3n2cc[n+]3Cc2ccccc2)cc(OC)c1. The second-order valence-electron chi connectivity index (χ2n) is 6.19. The zero-order valence-corrected chi connectivity index (χ0v) is 15.7. The maximum absolute atomic E-state index is 5.39. The van der Waals surface area contributed by atoms with Crippen LogP contribution < -0.4 is 14.0 Å². The van der Waals surface area contributed by atoms with E-state index in [9.17, 15) is 0 Å². The number of rotatable bonds is 6. The van der Waals surface area contributed by atoms with Gasteiger partial charge in [0.15, 0.2) is 0 Å². The lowest BCUT2D eigenvalue weighted by molar-refractivity contribution is -0.659. The average Bonchev–Trinajstić information content (AvgIpc) is 3.26. The first-order chi connectivity index (χ1) is 12.8. The fourth-order valence-electron chi connectivity index (χ4n) is 3.14. The van der Waals surface area contributed by atoms with Crippen LogP contribution in [0, 0.1) is 0 Å². The third kappa shape index (κ3) is 3.30. The Balaban J connectivity index is 1.62. The molecule has 0 saturated carbocycles. The molecule has 0 amide bonds. The maximum Gasteiger partial charge on any atom is 0.346 e. The van der Waals surface area contributed by atoms with Crippen LogP contribution in [-0.4, -0.2) is 18.6 Å². The van der Waals surface area contributed by atoms with Crippen molar-refractivity contribution in [1.29, 1.82) is 0 Å². The van der Waals surface area contributed by atoms with E-state index in [0.29, 0.717) is 0 Å². The monoisotopic (exact) mass is 365 g/mol. The Bertz CT molecular complexity index is 999. The number of fused-ring (bicyclic) bond motifs is 1. The summed E-state index contributed by atoms with van der Waals surface area (Å²) in [5.74, 6) is 1.63. The van der Waals surface area contributed by atoms with E-state index < -0.39 is 0 Å². The molecule has 0 saturated heterocycles. The van der Waals surface area contributed by atoms with Crippen molar-refractivity contribution in [3.8, 4) is 11.5 Å². The van der Waals surface area contributed by atoms with Gasteiger partial charge in [0.05, 0.1) is 14.2 Å². The predicted octanol–water partition coefficient (Wildman–Crippen LogP) is 3.94. The molecule has 5 heteroatoms. The Morgan fingerprint density at radius 3 is 2.38 bits per heavy atom. The minimum absolute atomic E-state index is 0.817. The molecule has 0 aliphatic rings. The zero-order valence-electron chi connectivity index (χ0n) is 14.9. The van der Waals surface area contributed by atoms with Gasteiger partial charge in [0.25, 0.3) is 0 Å². The summed E-state index contributed by atoms with van der Waals surface area (Å²) >= 11 is 1.77. The van der Waals surface area contributed by atoms with Crippen LogP contribution in [0.4, 0.5) is 0 Å². The number of nitrogens with zero attached hydrogens (tertiary/aromatic N) is 2. The largest absolute Gasteiger partial charge is 0.497 e. The molecule has 0 radical (unpaired) electrons. The van der Waals surface area contributed by atoms with Crippen molar-refractivity contribution < 1.29 is 14.0 Å². The van der Waals surface area contributed by atoms with Gasteiger partial charge in [0.1, 0.15) is 36.1 Å². The molecule has 4 nitrogen and oxygen atoms in total. The standard InChI is InChI=1S/C21H21N2O2S/c1-24-19-11-17(12-20(13-19)25-2)10-18-15-26-21-22(8-9-23(18)21)14-16-6-4-3-5-7-16/h3-9,11-13,15H,10,14H2,1-2H3/q+1. The summed E-state index contributed by atoms with van der Waals surface area (Å²) in [5, 5.41) is 2.22. The van der Waals surface area contributed by atoms with Crippen LogP contribution in [-0.2, 0) is 13.0 Å². The second kappa shape index (κ2) is 7.22. The second-order valence-corrected chi connectivity index (χ2v) is 7.03. The van der Waals surface area contributed by atoms with Gasteiger partial charge < -0.3 is 9.47 Å². The minimum atomic E-state index is 0.817. The number of thiazole rings is 1. The summed E-state index contributed by atoms with van der Waals surface area (Å²) in [6.45, 7) is 0.879. The number of ether oxygens (including phenoxy) is 2. The van der Waals surface area contributed by atoms with Crippen molar-refractivity contribution in [2.75, 3.05) is 14.2 Å². The Labute approximate surface area is 156 Å². The van der Waals surface area contributed by atoms with E-state index in [1.54, 1.807) is 25.6 Å². The van der Waals surface area contributed by atoms with E-state index in [-0.39, 0.29) is 0 Å². The molecule has 0 atom stereocenters. The minimum Gasteiger partial charge on any atom is -0.497 e. The van der Waals surface area contributed by atoms with E-state index in [2.05, 4.69) is 69.2 Å². The molecular weight excluding hydrogens is 344 g/mol. The maximum atomic E-state index is 5.39. The van der Waals surface area contributed by atoms with Gasteiger partial charge >= 0.3 is 4.96 Å². The molecule has 0 N–H and O–H groups in total. The molecule has 4 rings (SSSR count). The van der Waals surface area contributed by atoms with Gasteiger partial charge in [-0.3, -0.25) is 0 Å². The molecule has 2 aromatic carbocycles. The summed E-state index contributed by atoms with van der Waals surface area (Å²) in [6, 6.07) is 16.6. The average molecular weight is 365 g/mol. The molecule has 0 spiro atoms. The van der Waals surface area contributed by atoms with E-state index in [4.69, 9.17) is 9.47 Å². The van der Waals surface area contributed by atoms with Crippen molar-refractivity contribution in [3.63, 3.8) is 0 Å². The quantitative estimate of drug-likeness (QED) is 0.484. The molecule has 4 aromatic rings. The molecule has 0 bridgehead atoms. The van der Waals surface area contributed by atoms with E-state index in [0.717, 1.165) is 24.5 Å². The van der Waals surface area contributed by atoms with Crippen molar-refractivity contribution >= 4 is 16.3 Å². The van der Waals surface area contributed by atoms with Crippen LogP contribution in [0.2, 0.25) is 0 Å². The lowest BCUT2D eigenvalue weighted by Gasteiger charge is -2.07. The van der Waals surface area contributed by atoms with Gasteiger partial charge in [-0.05, 0) is 23.3 Å². The Hall–Kier alpha value is -2.79. The molecule has 0 aliphatic carbocycles. The number of methoxy groups -OCH3 is 2. The highest BCUT2D eigenvalue weighted by Gasteiger charge is 2.17. The van der Waals surface area contributed by atoms with Crippen LogP contribution >= 0.6 is 11.3 Å². The van der Waals surface area contributed by atoms with Crippen molar-refractivity contribution in [2.45, 2.75) is 13.0 Å². The molecule has 0 fully saturated rings. The van der Waals surface area contributed by atoms with Crippen LogP contribution in [0.25, 0.3) is 4.96 Å². The number of imidazole rings is 1. The Morgan fingerprint density at radius 1 is 0.962 bits per heavy atom. The summed E-state index contributed by atoms with van der Waals surface area (Å²) in [4.78, 5) is 1.23. The van der Waals surface area contributed by atoms with Gasteiger partial charge in [0, 0.05) is 17.9 Å². The van der Waals surface area contributed by atoms with Crippen LogP contribution in [0.15, 0.2) is 66.3 Å². The van der Waals surface area contributed by atoms with Crippen molar-refractivity contribution in [3.05, 3.63) is 83.1 Å². The van der Waals surface area contributed by atoms with Gasteiger partial charge in [-0.2, -0.15) is 4.40 Å². The summed E-state index contributed by atoms with van der Waals surface area (Å²) < 4.78 is 15.3. The Morgan fingerprint density at radius 2 is 1.69 bits per heavy atom. The topological polar surface area (TPSA) is 26.8 Å². The molecule has 2 aromatic heterocycles. The van der Waals surface area contributed by atoms with E-state index >= 15 is 0 Å². The van der Waals surface area contributed by atoms with Gasteiger partial charge in [-0.25, -0.2) is 4.57 Å². The number of hydrogen-bond donors (Lipinski definition) is 0. The molecule has 132 valence electrons. The van der Waals surface area contributed by atoms with Crippen LogP contribution in [0.3, 0.4) is 0 Å². The van der Waals surface area contributed by atoms with Crippen molar-refractivity contribution in [1.82, 2.24) is 4.40 Å². The zero-order chi connectivity index (χ0) is 17.9. The van der Waals surface area contributed by atoms with Gasteiger partial charge in [0.2, 0.25) is 0 Å². The first kappa shape index (κ1) is 16.7.